The molecule has 1 aliphatic carbocycles. The summed E-state index contributed by atoms with van der Waals surface area (Å²) in [5.74, 6) is -0.292. The molecule has 1 heterocycles. The number of benzene rings is 3. The number of rotatable bonds is 8. The Morgan fingerprint density at radius 3 is 2.51 bits per heavy atom. The average molecular weight is 500 g/mol. The van der Waals surface area contributed by atoms with Crippen molar-refractivity contribution in [2.75, 3.05) is 0 Å². The molecule has 37 heavy (non-hydrogen) atoms. The zero-order chi connectivity index (χ0) is 26.2. The zero-order valence-electron chi connectivity index (χ0n) is 21.8. The molecule has 6 nitrogen and oxygen atoms in total. The van der Waals surface area contributed by atoms with E-state index in [4.69, 9.17) is 15.6 Å². The molecule has 5 rings (SSSR count). The number of carboxylic acids is 1. The van der Waals surface area contributed by atoms with E-state index in [0.717, 1.165) is 46.1 Å². The number of carboxylic acid groups (broad SMARTS) is 1. The van der Waals surface area contributed by atoms with E-state index in [1.807, 2.05) is 44.2 Å². The molecule has 3 aromatic carbocycles. The van der Waals surface area contributed by atoms with Gasteiger partial charge < -0.3 is 15.6 Å². The number of para-hydroxylation sites is 1. The Hall–Kier alpha value is -3.64. The Morgan fingerprint density at radius 1 is 1.00 bits per heavy atom. The molecule has 194 valence electrons. The Morgan fingerprint density at radius 2 is 1.76 bits per heavy atom. The highest BCUT2D eigenvalue weighted by Crippen LogP contribution is 2.34. The Bertz CT molecular complexity index is 1340. The molecular weight excluding hydrogens is 462 g/mol. The maximum atomic E-state index is 11.3. The summed E-state index contributed by atoms with van der Waals surface area (Å²) in [6.45, 7) is 4.78. The lowest BCUT2D eigenvalue weighted by atomic mass is 9.95. The van der Waals surface area contributed by atoms with Crippen molar-refractivity contribution in [2.45, 2.75) is 71.6 Å². The van der Waals surface area contributed by atoms with Crippen molar-refractivity contribution >= 4 is 16.9 Å². The van der Waals surface area contributed by atoms with Gasteiger partial charge in [-0.1, -0.05) is 75.6 Å². The van der Waals surface area contributed by atoms with Crippen LogP contribution in [0, 0.1) is 0 Å². The number of hydrogen-bond acceptors (Lipinski definition) is 4. The highest BCUT2D eigenvalue weighted by atomic mass is 16.5. The van der Waals surface area contributed by atoms with Crippen LogP contribution >= 0.6 is 0 Å². The maximum absolute atomic E-state index is 11.3. The van der Waals surface area contributed by atoms with E-state index >= 15 is 0 Å². The van der Waals surface area contributed by atoms with Crippen LogP contribution in [0.2, 0.25) is 0 Å². The van der Waals surface area contributed by atoms with E-state index in [-0.39, 0.29) is 13.0 Å². The van der Waals surface area contributed by atoms with Crippen LogP contribution < -0.4 is 10.5 Å². The molecule has 0 atom stereocenters. The number of hydrogen-bond donors (Lipinski definition) is 2. The Kier molecular flexibility index (Phi) is 8.96. The quantitative estimate of drug-likeness (QED) is 0.275. The third kappa shape index (κ3) is 6.20. The molecule has 0 spiro atoms. The van der Waals surface area contributed by atoms with Gasteiger partial charge in [-0.25, -0.2) is 0 Å². The van der Waals surface area contributed by atoms with Crippen molar-refractivity contribution < 1.29 is 14.6 Å². The molecule has 4 aromatic rings. The van der Waals surface area contributed by atoms with Crippen LogP contribution in [0.5, 0.6) is 5.75 Å². The first-order valence-electron chi connectivity index (χ1n) is 13.4. The number of nitrogens with two attached hydrogens (primary N) is 1. The molecule has 3 N–H and O–H groups in total. The lowest BCUT2D eigenvalue weighted by Crippen LogP contribution is -2.14. The summed E-state index contributed by atoms with van der Waals surface area (Å²) in [4.78, 5) is 11.3. The van der Waals surface area contributed by atoms with Crippen LogP contribution in [0.25, 0.3) is 22.0 Å². The van der Waals surface area contributed by atoms with Crippen molar-refractivity contribution in [1.29, 1.82) is 0 Å². The molecule has 1 saturated carbocycles. The predicted molar refractivity (Wildman–Crippen MR) is 149 cm³/mol. The number of nitrogens with zero attached hydrogens (tertiary/aromatic N) is 2. The zero-order valence-corrected chi connectivity index (χ0v) is 21.8. The molecule has 0 bridgehead atoms. The molecule has 1 aliphatic rings. The van der Waals surface area contributed by atoms with Gasteiger partial charge in [0.1, 0.15) is 18.1 Å². The Balaban J connectivity index is 0.00000156. The van der Waals surface area contributed by atoms with Gasteiger partial charge in [0.15, 0.2) is 0 Å². The largest absolute Gasteiger partial charge is 0.487 e. The van der Waals surface area contributed by atoms with Crippen molar-refractivity contribution in [3.8, 4) is 16.9 Å². The van der Waals surface area contributed by atoms with E-state index < -0.39 is 5.97 Å². The highest BCUT2D eigenvalue weighted by Gasteiger charge is 2.21. The summed E-state index contributed by atoms with van der Waals surface area (Å²) >= 11 is 0. The molecule has 1 aromatic heterocycles. The monoisotopic (exact) mass is 499 g/mol. The summed E-state index contributed by atoms with van der Waals surface area (Å²) in [7, 11) is 0. The van der Waals surface area contributed by atoms with Crippen molar-refractivity contribution in [3.05, 3.63) is 83.6 Å². The predicted octanol–water partition coefficient (Wildman–Crippen LogP) is 6.90. The van der Waals surface area contributed by atoms with Crippen LogP contribution in [0.15, 0.2) is 66.7 Å². The summed E-state index contributed by atoms with van der Waals surface area (Å²) in [5, 5.41) is 15.4. The van der Waals surface area contributed by atoms with Gasteiger partial charge in [0.25, 0.3) is 0 Å². The SMILES string of the molecule is CC.NCc1cccc(-c2ccc3c(c2)c(COc2ccccc2CC(=O)O)nn3C2CCCCC2)c1. The van der Waals surface area contributed by atoms with Crippen molar-refractivity contribution in [1.82, 2.24) is 9.78 Å². The van der Waals surface area contributed by atoms with Crippen LogP contribution in [-0.2, 0) is 24.4 Å². The van der Waals surface area contributed by atoms with Gasteiger partial charge in [-0.05, 0) is 53.8 Å². The summed E-state index contributed by atoms with van der Waals surface area (Å²) in [6, 6.07) is 22.5. The van der Waals surface area contributed by atoms with E-state index in [2.05, 4.69) is 35.0 Å². The molecule has 1 fully saturated rings. The van der Waals surface area contributed by atoms with Gasteiger partial charge in [0, 0.05) is 17.5 Å². The Labute approximate surface area is 219 Å². The van der Waals surface area contributed by atoms with Gasteiger partial charge in [0.05, 0.1) is 18.0 Å². The first-order valence-corrected chi connectivity index (χ1v) is 13.4. The first kappa shape index (κ1) is 26.4. The first-order chi connectivity index (χ1) is 18.1. The van der Waals surface area contributed by atoms with Crippen LogP contribution in [0.1, 0.15) is 68.8 Å². The molecule has 0 amide bonds. The average Bonchev–Trinajstić information content (AvgIpc) is 3.32. The number of ether oxygens (including phenoxy) is 1. The highest BCUT2D eigenvalue weighted by molar-refractivity contribution is 5.87. The fraction of sp³-hybridized carbons (Fsp3) is 0.355. The number of fused-ring (bicyclic) bond motifs is 1. The summed E-state index contributed by atoms with van der Waals surface area (Å²) in [5.41, 5.74) is 11.9. The number of carbonyl (C=O) groups is 1. The van der Waals surface area contributed by atoms with E-state index in [9.17, 15) is 9.90 Å². The molecular formula is C31H37N3O3. The minimum Gasteiger partial charge on any atom is -0.487 e. The molecule has 6 heteroatoms. The second-order valence-electron chi connectivity index (χ2n) is 9.29. The summed E-state index contributed by atoms with van der Waals surface area (Å²) in [6.07, 6.45) is 5.94. The van der Waals surface area contributed by atoms with Gasteiger partial charge in [-0.3, -0.25) is 9.48 Å². The number of aliphatic carboxylic acids is 1. The van der Waals surface area contributed by atoms with Crippen molar-refractivity contribution in [2.24, 2.45) is 5.73 Å². The smallest absolute Gasteiger partial charge is 0.307 e. The molecule has 0 unspecified atom stereocenters. The fourth-order valence-corrected chi connectivity index (χ4v) is 5.07. The lowest BCUT2D eigenvalue weighted by Gasteiger charge is -2.22. The second-order valence-corrected chi connectivity index (χ2v) is 9.29. The van der Waals surface area contributed by atoms with Gasteiger partial charge in [0.2, 0.25) is 0 Å². The lowest BCUT2D eigenvalue weighted by molar-refractivity contribution is -0.136. The van der Waals surface area contributed by atoms with E-state index in [1.165, 1.54) is 19.3 Å². The van der Waals surface area contributed by atoms with Gasteiger partial charge >= 0.3 is 5.97 Å². The fourth-order valence-electron chi connectivity index (χ4n) is 5.07. The van der Waals surface area contributed by atoms with E-state index in [1.54, 1.807) is 6.07 Å². The third-order valence-corrected chi connectivity index (χ3v) is 6.88. The van der Waals surface area contributed by atoms with Crippen LogP contribution in [0.3, 0.4) is 0 Å². The van der Waals surface area contributed by atoms with Gasteiger partial charge in [-0.2, -0.15) is 5.10 Å². The van der Waals surface area contributed by atoms with E-state index in [0.29, 0.717) is 23.9 Å². The molecule has 0 aliphatic heterocycles. The van der Waals surface area contributed by atoms with Crippen LogP contribution in [0.4, 0.5) is 0 Å². The maximum Gasteiger partial charge on any atom is 0.307 e. The third-order valence-electron chi connectivity index (χ3n) is 6.88. The van der Waals surface area contributed by atoms with Crippen LogP contribution in [-0.4, -0.2) is 20.9 Å². The number of aromatic nitrogens is 2. The van der Waals surface area contributed by atoms with Gasteiger partial charge in [-0.15, -0.1) is 0 Å². The second kappa shape index (κ2) is 12.5. The topological polar surface area (TPSA) is 90.4 Å². The standard InChI is InChI=1S/C29H31N3O3.C2H6/c30-18-20-7-6-9-21(15-20)22-13-14-27-25(16-22)26(31-32(27)24-10-2-1-3-11-24)19-35-28-12-5-4-8-23(28)17-29(33)34;1-2/h4-9,12-16,24H,1-3,10-11,17-19,30H2,(H,33,34);1-2H3. The molecule has 0 radical (unpaired) electrons. The minimum atomic E-state index is -0.877. The minimum absolute atomic E-state index is 0.0743. The van der Waals surface area contributed by atoms with Crippen molar-refractivity contribution in [3.63, 3.8) is 0 Å². The normalized spacial score (nSPS) is 13.7. The molecule has 0 saturated heterocycles. The summed E-state index contributed by atoms with van der Waals surface area (Å²) < 4.78 is 8.35.